The Labute approximate surface area is 339 Å². The summed E-state index contributed by atoms with van der Waals surface area (Å²) in [6.07, 6.45) is 6.10. The van der Waals surface area contributed by atoms with Crippen molar-refractivity contribution >= 4 is 16.6 Å². The molecule has 4 aromatic carbocycles. The second-order valence-corrected chi connectivity index (χ2v) is 26.9. The first kappa shape index (κ1) is 44.8. The first-order valence-electron chi connectivity index (χ1n) is 19.3. The van der Waals surface area contributed by atoms with Crippen LogP contribution in [0.5, 0.6) is 17.2 Å². The van der Waals surface area contributed by atoms with Gasteiger partial charge in [0.05, 0.1) is 41.2 Å². The number of methoxy groups -OCH3 is 3. The van der Waals surface area contributed by atoms with E-state index in [9.17, 15) is 0 Å². The van der Waals surface area contributed by atoms with E-state index >= 15 is 0 Å². The molecular weight excluding hydrogens is 733 g/mol. The Morgan fingerprint density at radius 2 is 1.02 bits per heavy atom. The standard InChI is InChI=1S/C47H64O7Si2/c1-15-46(54-56(13,14)45(5,6)7,43(34-53-55(11,12)44(2,3)4)51-33-36-21-27-40(48-8)28-22-36)35-52-47(37-19-17-16-18-20-37,38-23-29-41(49-9)30-24-38)39-25-31-42(50-10)32-26-39/h1,16-32,43H,33-35H2,2-14H3/t43-,46-/m0/s1. The fourth-order valence-corrected chi connectivity index (χ4v) is 8.45. The van der Waals surface area contributed by atoms with E-state index in [-0.39, 0.29) is 29.9 Å². The third kappa shape index (κ3) is 10.2. The van der Waals surface area contributed by atoms with Crippen molar-refractivity contribution in [2.24, 2.45) is 0 Å². The van der Waals surface area contributed by atoms with Gasteiger partial charge < -0.3 is 32.5 Å². The number of rotatable bonds is 18. The molecule has 2 atom stereocenters. The molecule has 0 aliphatic heterocycles. The summed E-state index contributed by atoms with van der Waals surface area (Å²) in [5, 5.41) is -0.229. The van der Waals surface area contributed by atoms with Crippen LogP contribution >= 0.6 is 0 Å². The maximum atomic E-state index is 7.54. The molecule has 0 aliphatic carbocycles. The van der Waals surface area contributed by atoms with Crippen LogP contribution < -0.4 is 14.2 Å². The summed E-state index contributed by atoms with van der Waals surface area (Å²) in [4.78, 5) is 0. The lowest BCUT2D eigenvalue weighted by atomic mass is 9.79. The van der Waals surface area contributed by atoms with Crippen molar-refractivity contribution in [1.29, 1.82) is 0 Å². The smallest absolute Gasteiger partial charge is 0.194 e. The monoisotopic (exact) mass is 796 g/mol. The predicted octanol–water partition coefficient (Wildman–Crippen LogP) is 11.0. The lowest BCUT2D eigenvalue weighted by molar-refractivity contribution is -0.141. The fourth-order valence-electron chi connectivity index (χ4n) is 5.99. The Balaban J connectivity index is 1.97. The highest BCUT2D eigenvalue weighted by Crippen LogP contribution is 2.46. The van der Waals surface area contributed by atoms with Crippen LogP contribution in [0.2, 0.25) is 36.3 Å². The van der Waals surface area contributed by atoms with Crippen LogP contribution in [0.3, 0.4) is 0 Å². The average molecular weight is 797 g/mol. The highest BCUT2D eigenvalue weighted by atomic mass is 28.4. The van der Waals surface area contributed by atoms with Gasteiger partial charge in [0, 0.05) is 0 Å². The number of hydrogen-bond donors (Lipinski definition) is 0. The Bertz CT molecular complexity index is 1810. The maximum Gasteiger partial charge on any atom is 0.194 e. The van der Waals surface area contributed by atoms with Crippen molar-refractivity contribution in [1.82, 2.24) is 0 Å². The summed E-state index contributed by atoms with van der Waals surface area (Å²) in [5.74, 6) is 5.42. The Hall–Kier alpha value is -3.89. The summed E-state index contributed by atoms with van der Waals surface area (Å²) in [6.45, 7) is 22.7. The molecule has 0 unspecified atom stereocenters. The molecule has 0 fully saturated rings. The summed E-state index contributed by atoms with van der Waals surface area (Å²) in [5.41, 5.74) is 1.15. The molecule has 4 rings (SSSR count). The van der Waals surface area contributed by atoms with Crippen LogP contribution in [0, 0.1) is 12.3 Å². The second kappa shape index (κ2) is 18.1. The van der Waals surface area contributed by atoms with E-state index in [4.69, 9.17) is 39.0 Å². The van der Waals surface area contributed by atoms with E-state index in [1.54, 1.807) is 21.3 Å². The normalized spacial score (nSPS) is 14.4. The zero-order chi connectivity index (χ0) is 41.4. The van der Waals surface area contributed by atoms with Crippen LogP contribution in [-0.2, 0) is 30.5 Å². The highest BCUT2D eigenvalue weighted by Gasteiger charge is 2.52. The van der Waals surface area contributed by atoms with Crippen molar-refractivity contribution in [3.8, 4) is 29.6 Å². The zero-order valence-electron chi connectivity index (χ0n) is 35.9. The average Bonchev–Trinajstić information content (AvgIpc) is 3.17. The zero-order valence-corrected chi connectivity index (χ0v) is 37.9. The first-order valence-corrected chi connectivity index (χ1v) is 25.1. The van der Waals surface area contributed by atoms with Gasteiger partial charge in [0.15, 0.2) is 22.2 Å². The van der Waals surface area contributed by atoms with Crippen molar-refractivity contribution < 1.29 is 32.5 Å². The molecule has 0 heterocycles. The van der Waals surface area contributed by atoms with E-state index in [0.29, 0.717) is 0 Å². The molecule has 56 heavy (non-hydrogen) atoms. The maximum absolute atomic E-state index is 7.54. The summed E-state index contributed by atoms with van der Waals surface area (Å²) < 4.78 is 45.6. The van der Waals surface area contributed by atoms with E-state index in [1.165, 1.54) is 0 Å². The summed E-state index contributed by atoms with van der Waals surface area (Å²) in [7, 11) is 0.0900. The first-order chi connectivity index (χ1) is 26.3. The fraction of sp³-hybridized carbons (Fsp3) is 0.447. The molecule has 0 N–H and O–H groups in total. The van der Waals surface area contributed by atoms with Gasteiger partial charge in [-0.05, 0) is 94.9 Å². The molecule has 0 bridgehead atoms. The predicted molar refractivity (Wildman–Crippen MR) is 233 cm³/mol. The van der Waals surface area contributed by atoms with Gasteiger partial charge in [-0.15, -0.1) is 6.42 Å². The van der Waals surface area contributed by atoms with Crippen LogP contribution in [0.25, 0.3) is 0 Å². The van der Waals surface area contributed by atoms with Gasteiger partial charge in [-0.1, -0.05) is 114 Å². The van der Waals surface area contributed by atoms with Gasteiger partial charge in [0.1, 0.15) is 29.0 Å². The molecule has 0 spiro atoms. The van der Waals surface area contributed by atoms with Gasteiger partial charge in [-0.2, -0.15) is 0 Å². The molecule has 9 heteroatoms. The van der Waals surface area contributed by atoms with Gasteiger partial charge >= 0.3 is 0 Å². The lowest BCUT2D eigenvalue weighted by Gasteiger charge is -2.48. The van der Waals surface area contributed by atoms with Gasteiger partial charge in [0.2, 0.25) is 0 Å². The Morgan fingerprint density at radius 3 is 1.43 bits per heavy atom. The number of benzene rings is 4. The Kier molecular flexibility index (Phi) is 14.5. The molecule has 302 valence electrons. The van der Waals surface area contributed by atoms with Crippen LogP contribution in [0.1, 0.15) is 63.8 Å². The topological polar surface area (TPSA) is 64.6 Å². The van der Waals surface area contributed by atoms with E-state index in [0.717, 1.165) is 39.5 Å². The second-order valence-electron chi connectivity index (χ2n) is 17.4. The third-order valence-corrected chi connectivity index (χ3v) is 20.7. The van der Waals surface area contributed by atoms with E-state index in [2.05, 4.69) is 85.8 Å². The Morgan fingerprint density at radius 1 is 0.589 bits per heavy atom. The molecule has 0 amide bonds. The van der Waals surface area contributed by atoms with Gasteiger partial charge in [-0.3, -0.25) is 0 Å². The molecule has 7 nitrogen and oxygen atoms in total. The van der Waals surface area contributed by atoms with Gasteiger partial charge in [0.25, 0.3) is 0 Å². The number of hydrogen-bond acceptors (Lipinski definition) is 7. The van der Waals surface area contributed by atoms with E-state index < -0.39 is 33.9 Å². The minimum absolute atomic E-state index is 0.0168. The molecule has 4 aromatic rings. The highest BCUT2D eigenvalue weighted by molar-refractivity contribution is 6.74. The van der Waals surface area contributed by atoms with Crippen molar-refractivity contribution in [2.45, 2.75) is 102 Å². The minimum Gasteiger partial charge on any atom is -0.497 e. The van der Waals surface area contributed by atoms with Crippen molar-refractivity contribution in [3.63, 3.8) is 0 Å². The SMILES string of the molecule is C#C[C@@](COC(c1ccccc1)(c1ccc(OC)cc1)c1ccc(OC)cc1)(O[Si](C)(C)C(C)(C)C)[C@H](CO[Si](C)(C)C(C)(C)C)OCc1ccc(OC)cc1. The van der Waals surface area contributed by atoms with Crippen molar-refractivity contribution in [3.05, 3.63) is 125 Å². The van der Waals surface area contributed by atoms with Crippen LogP contribution in [-0.4, -0.2) is 62.9 Å². The molecule has 0 saturated heterocycles. The number of terminal acetylenes is 1. The molecule has 0 aromatic heterocycles. The minimum atomic E-state index is -2.61. The van der Waals surface area contributed by atoms with Gasteiger partial charge in [-0.25, -0.2) is 0 Å². The van der Waals surface area contributed by atoms with Crippen molar-refractivity contribution in [2.75, 3.05) is 34.5 Å². The third-order valence-electron chi connectivity index (χ3n) is 11.7. The molecule has 0 radical (unpaired) electrons. The summed E-state index contributed by atoms with van der Waals surface area (Å²) >= 11 is 0. The number of ether oxygens (including phenoxy) is 5. The molecular formula is C47H64O7Si2. The van der Waals surface area contributed by atoms with Crippen LogP contribution in [0.15, 0.2) is 103 Å². The van der Waals surface area contributed by atoms with E-state index in [1.807, 2.05) is 91.0 Å². The molecule has 0 saturated carbocycles. The lowest BCUT2D eigenvalue weighted by Crippen LogP contribution is -2.60. The molecule has 0 aliphatic rings. The summed E-state index contributed by atoms with van der Waals surface area (Å²) in [6, 6.07) is 34.1. The largest absolute Gasteiger partial charge is 0.497 e. The van der Waals surface area contributed by atoms with Crippen LogP contribution in [0.4, 0.5) is 0 Å². The quantitative estimate of drug-likeness (QED) is 0.0564.